The normalized spacial score (nSPS) is 12.5. The van der Waals surface area contributed by atoms with Crippen LogP contribution in [0, 0.1) is 0 Å². The van der Waals surface area contributed by atoms with Crippen molar-refractivity contribution in [3.8, 4) is 22.4 Å². The first kappa shape index (κ1) is 28.1. The fourth-order valence-corrected chi connectivity index (χ4v) is 6.62. The number of benzene rings is 5. The lowest BCUT2D eigenvalue weighted by Crippen LogP contribution is -2.11. The standard InChI is InChI=1S/C39H32F3NO/c1-22(2)28-10-7-11-29(23(3)4)35(28)27-16-17-43-34(20-27)33-19-24(21-39(40,41)42)18-32-31-15-14-26-13-12-25-8-5-6-9-30(25)36(26)38(31)44-37(32)33/h5-20,22-23H,21H2,1-4H3. The summed E-state index contributed by atoms with van der Waals surface area (Å²) in [6.45, 7) is 8.71. The van der Waals surface area contributed by atoms with E-state index in [1.165, 1.54) is 11.1 Å². The summed E-state index contributed by atoms with van der Waals surface area (Å²) in [5.74, 6) is 0.584. The predicted molar refractivity (Wildman–Crippen MR) is 175 cm³/mol. The van der Waals surface area contributed by atoms with E-state index in [1.54, 1.807) is 18.3 Å². The van der Waals surface area contributed by atoms with Crippen LogP contribution < -0.4 is 0 Å². The molecule has 0 atom stereocenters. The van der Waals surface area contributed by atoms with Gasteiger partial charge >= 0.3 is 6.18 Å². The number of aromatic nitrogens is 1. The number of hydrogen-bond donors (Lipinski definition) is 0. The number of alkyl halides is 3. The highest BCUT2D eigenvalue weighted by molar-refractivity contribution is 6.24. The van der Waals surface area contributed by atoms with E-state index >= 15 is 0 Å². The van der Waals surface area contributed by atoms with E-state index < -0.39 is 12.6 Å². The molecule has 5 heteroatoms. The van der Waals surface area contributed by atoms with Crippen LogP contribution in [0.15, 0.2) is 102 Å². The molecule has 7 aromatic rings. The molecule has 220 valence electrons. The zero-order valence-electron chi connectivity index (χ0n) is 25.1. The van der Waals surface area contributed by atoms with Crippen molar-refractivity contribution >= 4 is 43.5 Å². The largest absolute Gasteiger partial charge is 0.455 e. The van der Waals surface area contributed by atoms with Gasteiger partial charge in [-0.1, -0.05) is 88.4 Å². The zero-order valence-corrected chi connectivity index (χ0v) is 25.1. The van der Waals surface area contributed by atoms with Gasteiger partial charge in [0.15, 0.2) is 0 Å². The van der Waals surface area contributed by atoms with Crippen molar-refractivity contribution in [2.45, 2.75) is 52.1 Å². The molecule has 7 rings (SSSR count). The van der Waals surface area contributed by atoms with Crippen LogP contribution in [-0.2, 0) is 6.42 Å². The van der Waals surface area contributed by atoms with Crippen LogP contribution in [0.3, 0.4) is 0 Å². The Kier molecular flexibility index (Phi) is 6.73. The minimum Gasteiger partial charge on any atom is -0.455 e. The molecule has 0 radical (unpaired) electrons. The predicted octanol–water partition coefficient (Wildman–Crippen LogP) is 12.0. The van der Waals surface area contributed by atoms with Crippen LogP contribution in [0.4, 0.5) is 13.2 Å². The van der Waals surface area contributed by atoms with Gasteiger partial charge in [-0.3, -0.25) is 4.98 Å². The highest BCUT2D eigenvalue weighted by atomic mass is 19.4. The third-order valence-corrected chi connectivity index (χ3v) is 8.61. The van der Waals surface area contributed by atoms with Crippen molar-refractivity contribution in [2.75, 3.05) is 0 Å². The summed E-state index contributed by atoms with van der Waals surface area (Å²) < 4.78 is 48.0. The van der Waals surface area contributed by atoms with Crippen molar-refractivity contribution in [2.24, 2.45) is 0 Å². The first-order valence-electron chi connectivity index (χ1n) is 15.0. The summed E-state index contributed by atoms with van der Waals surface area (Å²) in [7, 11) is 0. The van der Waals surface area contributed by atoms with Gasteiger partial charge in [0.25, 0.3) is 0 Å². The quantitative estimate of drug-likeness (QED) is 0.187. The number of nitrogens with zero attached hydrogens (tertiary/aromatic N) is 1. The number of rotatable bonds is 5. The summed E-state index contributed by atoms with van der Waals surface area (Å²) in [4.78, 5) is 4.71. The van der Waals surface area contributed by atoms with Gasteiger partial charge in [-0.2, -0.15) is 13.2 Å². The molecule has 0 aliphatic heterocycles. The summed E-state index contributed by atoms with van der Waals surface area (Å²) >= 11 is 0. The van der Waals surface area contributed by atoms with Crippen LogP contribution >= 0.6 is 0 Å². The van der Waals surface area contributed by atoms with Crippen molar-refractivity contribution < 1.29 is 17.6 Å². The molecule has 0 unspecified atom stereocenters. The second kappa shape index (κ2) is 10.5. The van der Waals surface area contributed by atoms with Gasteiger partial charge in [-0.15, -0.1) is 0 Å². The first-order valence-corrected chi connectivity index (χ1v) is 15.0. The second-order valence-corrected chi connectivity index (χ2v) is 12.3. The SMILES string of the molecule is CC(C)c1cccc(C(C)C)c1-c1ccnc(-c2cc(CC(F)(F)F)cc3c2oc2c3ccc3ccc4ccccc4c32)c1. The second-order valence-electron chi connectivity index (χ2n) is 12.3. The molecule has 5 aromatic carbocycles. The molecule has 0 fully saturated rings. The van der Waals surface area contributed by atoms with Crippen LogP contribution in [0.2, 0.25) is 0 Å². The third-order valence-electron chi connectivity index (χ3n) is 8.61. The fourth-order valence-electron chi connectivity index (χ4n) is 6.62. The molecule has 0 saturated heterocycles. The molecule has 0 aliphatic carbocycles. The summed E-state index contributed by atoms with van der Waals surface area (Å²) in [5, 5.41) is 5.53. The molecular weight excluding hydrogens is 555 g/mol. The monoisotopic (exact) mass is 587 g/mol. The minimum absolute atomic E-state index is 0.179. The Labute approximate surface area is 254 Å². The van der Waals surface area contributed by atoms with Gasteiger partial charge in [0, 0.05) is 27.9 Å². The molecule has 2 aromatic heterocycles. The number of hydrogen-bond acceptors (Lipinski definition) is 2. The van der Waals surface area contributed by atoms with Gasteiger partial charge in [-0.05, 0) is 86.1 Å². The lowest BCUT2D eigenvalue weighted by molar-refractivity contribution is -0.127. The zero-order chi connectivity index (χ0) is 30.7. The van der Waals surface area contributed by atoms with Gasteiger partial charge in [0.05, 0.1) is 12.1 Å². The van der Waals surface area contributed by atoms with Crippen LogP contribution in [-0.4, -0.2) is 11.2 Å². The van der Waals surface area contributed by atoms with E-state index in [0.29, 0.717) is 39.6 Å². The van der Waals surface area contributed by atoms with Gasteiger partial charge < -0.3 is 4.42 Å². The molecule has 0 aliphatic rings. The maximum atomic E-state index is 13.8. The summed E-state index contributed by atoms with van der Waals surface area (Å²) in [6.07, 6.45) is -3.64. The topological polar surface area (TPSA) is 26.0 Å². The molecule has 2 heterocycles. The molecule has 0 saturated carbocycles. The van der Waals surface area contributed by atoms with Gasteiger partial charge in [0.2, 0.25) is 0 Å². The van der Waals surface area contributed by atoms with E-state index in [9.17, 15) is 13.2 Å². The number of pyridine rings is 1. The van der Waals surface area contributed by atoms with E-state index in [1.807, 2.05) is 36.4 Å². The first-order chi connectivity index (χ1) is 21.1. The Balaban J connectivity index is 1.54. The summed E-state index contributed by atoms with van der Waals surface area (Å²) in [5.41, 5.74) is 7.13. The van der Waals surface area contributed by atoms with Crippen molar-refractivity contribution in [3.63, 3.8) is 0 Å². The van der Waals surface area contributed by atoms with E-state index in [0.717, 1.165) is 38.1 Å². The molecule has 0 amide bonds. The maximum Gasteiger partial charge on any atom is 0.393 e. The number of fused-ring (bicyclic) bond motifs is 7. The Morgan fingerprint density at radius 2 is 1.39 bits per heavy atom. The van der Waals surface area contributed by atoms with Crippen LogP contribution in [0.5, 0.6) is 0 Å². The smallest absolute Gasteiger partial charge is 0.393 e. The molecular formula is C39H32F3NO. The molecule has 44 heavy (non-hydrogen) atoms. The molecule has 0 bridgehead atoms. The van der Waals surface area contributed by atoms with Crippen molar-refractivity contribution in [1.82, 2.24) is 4.98 Å². The summed E-state index contributed by atoms with van der Waals surface area (Å²) in [6, 6.07) is 29.8. The average molecular weight is 588 g/mol. The Bertz CT molecular complexity index is 2180. The van der Waals surface area contributed by atoms with Crippen LogP contribution in [0.25, 0.3) is 65.9 Å². The highest BCUT2D eigenvalue weighted by Gasteiger charge is 2.29. The molecule has 0 N–H and O–H groups in total. The lowest BCUT2D eigenvalue weighted by Gasteiger charge is -2.20. The Morgan fingerprint density at radius 1 is 0.682 bits per heavy atom. The van der Waals surface area contributed by atoms with Gasteiger partial charge in [-0.25, -0.2) is 0 Å². The third kappa shape index (κ3) is 4.81. The van der Waals surface area contributed by atoms with E-state index in [-0.39, 0.29) is 5.56 Å². The minimum atomic E-state index is -4.36. The Hall–Kier alpha value is -4.64. The lowest BCUT2D eigenvalue weighted by atomic mass is 9.85. The van der Waals surface area contributed by atoms with Crippen molar-refractivity contribution in [3.05, 3.63) is 114 Å². The molecule has 0 spiro atoms. The number of halogens is 3. The average Bonchev–Trinajstić information content (AvgIpc) is 3.38. The van der Waals surface area contributed by atoms with Crippen LogP contribution in [0.1, 0.15) is 56.2 Å². The maximum absolute atomic E-state index is 13.8. The fraction of sp³-hybridized carbons (Fsp3) is 0.205. The number of furan rings is 1. The Morgan fingerprint density at radius 3 is 2.11 bits per heavy atom. The van der Waals surface area contributed by atoms with E-state index in [4.69, 9.17) is 9.40 Å². The van der Waals surface area contributed by atoms with Gasteiger partial charge in [0.1, 0.15) is 11.2 Å². The molecule has 2 nitrogen and oxygen atoms in total. The highest BCUT2D eigenvalue weighted by Crippen LogP contribution is 2.43. The van der Waals surface area contributed by atoms with Crippen molar-refractivity contribution in [1.29, 1.82) is 0 Å². The van der Waals surface area contributed by atoms with E-state index in [2.05, 4.69) is 70.2 Å².